The molecule has 130 valence electrons. The van der Waals surface area contributed by atoms with E-state index in [2.05, 4.69) is 51.3 Å². The topological polar surface area (TPSA) is 50.4 Å². The lowest BCUT2D eigenvalue weighted by Gasteiger charge is -2.32. The van der Waals surface area contributed by atoms with E-state index in [9.17, 15) is 0 Å². The zero-order chi connectivity index (χ0) is 17.2. The summed E-state index contributed by atoms with van der Waals surface area (Å²) in [5, 5.41) is 2.49. The number of H-pyrrole nitrogens is 1. The van der Waals surface area contributed by atoms with Gasteiger partial charge in [0.05, 0.1) is 13.7 Å². The van der Waals surface area contributed by atoms with Crippen molar-refractivity contribution in [3.8, 4) is 5.75 Å². The van der Waals surface area contributed by atoms with Crippen LogP contribution in [0.5, 0.6) is 5.75 Å². The van der Waals surface area contributed by atoms with Crippen molar-refractivity contribution < 1.29 is 9.47 Å². The van der Waals surface area contributed by atoms with Crippen molar-refractivity contribution in [3.05, 3.63) is 59.7 Å². The van der Waals surface area contributed by atoms with E-state index < -0.39 is 0 Å². The molecule has 0 amide bonds. The molecule has 1 fully saturated rings. The van der Waals surface area contributed by atoms with Crippen molar-refractivity contribution in [1.29, 1.82) is 0 Å². The summed E-state index contributed by atoms with van der Waals surface area (Å²) in [5.74, 6) is 1.85. The van der Waals surface area contributed by atoms with E-state index in [0.29, 0.717) is 6.61 Å². The van der Waals surface area contributed by atoms with E-state index in [1.165, 1.54) is 16.3 Å². The van der Waals surface area contributed by atoms with E-state index in [1.807, 2.05) is 13.1 Å². The van der Waals surface area contributed by atoms with Gasteiger partial charge < -0.3 is 14.5 Å². The molecule has 0 saturated carbocycles. The summed E-state index contributed by atoms with van der Waals surface area (Å²) in [6, 6.07) is 12.6. The van der Waals surface area contributed by atoms with Gasteiger partial charge in [-0.25, -0.2) is 4.98 Å². The molecule has 2 aromatic carbocycles. The molecule has 0 radical (unpaired) electrons. The highest BCUT2D eigenvalue weighted by Crippen LogP contribution is 2.30. The molecule has 0 bridgehead atoms. The van der Waals surface area contributed by atoms with Crippen LogP contribution in [0.15, 0.2) is 42.6 Å². The Kier molecular flexibility index (Phi) is 4.42. The Balaban J connectivity index is 1.60. The number of aromatic amines is 1. The van der Waals surface area contributed by atoms with Crippen molar-refractivity contribution in [2.45, 2.75) is 19.6 Å². The van der Waals surface area contributed by atoms with Gasteiger partial charge in [0.2, 0.25) is 0 Å². The Labute approximate surface area is 147 Å². The number of methoxy groups -OCH3 is 1. The Morgan fingerprint density at radius 3 is 2.96 bits per heavy atom. The van der Waals surface area contributed by atoms with Crippen molar-refractivity contribution in [1.82, 2.24) is 14.9 Å². The number of hydrogen-bond donors (Lipinski definition) is 1. The molecule has 1 aliphatic rings. The summed E-state index contributed by atoms with van der Waals surface area (Å²) in [7, 11) is 1.74. The average Bonchev–Trinajstić information content (AvgIpc) is 3.09. The molecular formula is C20H23N3O2. The number of fused-ring (bicyclic) bond motifs is 1. The third kappa shape index (κ3) is 3.25. The fraction of sp³-hybridized carbons (Fsp3) is 0.350. The van der Waals surface area contributed by atoms with Crippen LogP contribution in [0.4, 0.5) is 0 Å². The maximum atomic E-state index is 5.92. The van der Waals surface area contributed by atoms with E-state index in [-0.39, 0.29) is 6.10 Å². The molecule has 1 saturated heterocycles. The number of ether oxygens (including phenoxy) is 2. The Bertz CT molecular complexity index is 874. The number of imidazole rings is 1. The van der Waals surface area contributed by atoms with Crippen LogP contribution in [-0.4, -0.2) is 41.7 Å². The maximum absolute atomic E-state index is 5.92. The van der Waals surface area contributed by atoms with Crippen molar-refractivity contribution in [2.24, 2.45) is 0 Å². The summed E-state index contributed by atoms with van der Waals surface area (Å²) >= 11 is 0. The second-order valence-corrected chi connectivity index (χ2v) is 6.51. The highest BCUT2D eigenvalue weighted by Gasteiger charge is 2.25. The molecular weight excluding hydrogens is 314 g/mol. The first-order valence-corrected chi connectivity index (χ1v) is 8.64. The third-order valence-corrected chi connectivity index (χ3v) is 4.78. The van der Waals surface area contributed by atoms with Gasteiger partial charge in [0, 0.05) is 37.1 Å². The SMILES string of the molecule is COc1ccc2ccccc2c1CN1CCO[C@H](c2ncc(C)[nH]2)C1. The average molecular weight is 337 g/mol. The van der Waals surface area contributed by atoms with Crippen molar-refractivity contribution in [2.75, 3.05) is 26.8 Å². The minimum absolute atomic E-state index is 0.0107. The molecule has 4 rings (SSSR count). The van der Waals surface area contributed by atoms with Crippen LogP contribution in [0.1, 0.15) is 23.2 Å². The summed E-state index contributed by atoms with van der Waals surface area (Å²) in [4.78, 5) is 10.1. The summed E-state index contributed by atoms with van der Waals surface area (Å²) in [6.45, 7) is 5.28. The Morgan fingerprint density at radius 1 is 1.28 bits per heavy atom. The summed E-state index contributed by atoms with van der Waals surface area (Å²) in [5.41, 5.74) is 2.29. The number of nitrogens with one attached hydrogen (secondary N) is 1. The van der Waals surface area contributed by atoms with Crippen LogP contribution < -0.4 is 4.74 Å². The number of nitrogens with zero attached hydrogens (tertiary/aromatic N) is 2. The van der Waals surface area contributed by atoms with Gasteiger partial charge in [-0.1, -0.05) is 30.3 Å². The molecule has 5 nitrogen and oxygen atoms in total. The first kappa shape index (κ1) is 16.1. The zero-order valence-corrected chi connectivity index (χ0v) is 14.7. The molecule has 25 heavy (non-hydrogen) atoms. The molecule has 1 aromatic heterocycles. The van der Waals surface area contributed by atoms with Gasteiger partial charge in [0.15, 0.2) is 0 Å². The second-order valence-electron chi connectivity index (χ2n) is 6.51. The molecule has 0 spiro atoms. The first-order chi connectivity index (χ1) is 12.2. The van der Waals surface area contributed by atoms with E-state index >= 15 is 0 Å². The van der Waals surface area contributed by atoms with Crippen LogP contribution in [0.3, 0.4) is 0 Å². The molecule has 5 heteroatoms. The predicted octanol–water partition coefficient (Wildman–Crippen LogP) is 3.45. The zero-order valence-electron chi connectivity index (χ0n) is 14.7. The van der Waals surface area contributed by atoms with Gasteiger partial charge in [-0.2, -0.15) is 0 Å². The quantitative estimate of drug-likeness (QED) is 0.792. The fourth-order valence-electron chi connectivity index (χ4n) is 3.50. The molecule has 0 unspecified atom stereocenters. The molecule has 2 heterocycles. The molecule has 1 atom stereocenters. The highest BCUT2D eigenvalue weighted by molar-refractivity contribution is 5.87. The molecule has 1 aliphatic heterocycles. The largest absolute Gasteiger partial charge is 0.496 e. The lowest BCUT2D eigenvalue weighted by Crippen LogP contribution is -2.38. The third-order valence-electron chi connectivity index (χ3n) is 4.78. The van der Waals surface area contributed by atoms with E-state index in [4.69, 9.17) is 9.47 Å². The molecule has 1 N–H and O–H groups in total. The van der Waals surface area contributed by atoms with Gasteiger partial charge >= 0.3 is 0 Å². The number of benzene rings is 2. The maximum Gasteiger partial charge on any atom is 0.136 e. The minimum atomic E-state index is -0.0107. The lowest BCUT2D eigenvalue weighted by atomic mass is 10.0. The van der Waals surface area contributed by atoms with Crippen molar-refractivity contribution >= 4 is 10.8 Å². The summed E-state index contributed by atoms with van der Waals surface area (Å²) in [6.07, 6.45) is 1.84. The number of rotatable bonds is 4. The van der Waals surface area contributed by atoms with Gasteiger partial charge in [-0.05, 0) is 23.8 Å². The predicted molar refractivity (Wildman–Crippen MR) is 97.8 cm³/mol. The lowest BCUT2D eigenvalue weighted by molar-refractivity contribution is -0.0369. The van der Waals surface area contributed by atoms with Crippen LogP contribution in [-0.2, 0) is 11.3 Å². The van der Waals surface area contributed by atoms with Gasteiger partial charge in [0.25, 0.3) is 0 Å². The van der Waals surface area contributed by atoms with E-state index in [1.54, 1.807) is 7.11 Å². The normalized spacial score (nSPS) is 18.6. The Morgan fingerprint density at radius 2 is 2.16 bits per heavy atom. The smallest absolute Gasteiger partial charge is 0.136 e. The van der Waals surface area contributed by atoms with Gasteiger partial charge in [-0.15, -0.1) is 0 Å². The fourth-order valence-corrected chi connectivity index (χ4v) is 3.50. The van der Waals surface area contributed by atoms with Gasteiger partial charge in [-0.3, -0.25) is 4.90 Å². The Hall–Kier alpha value is -2.37. The summed E-state index contributed by atoms with van der Waals surface area (Å²) < 4.78 is 11.6. The monoisotopic (exact) mass is 337 g/mol. The van der Waals surface area contributed by atoms with Crippen LogP contribution in [0.2, 0.25) is 0 Å². The van der Waals surface area contributed by atoms with Crippen LogP contribution in [0, 0.1) is 6.92 Å². The van der Waals surface area contributed by atoms with Crippen molar-refractivity contribution in [3.63, 3.8) is 0 Å². The van der Waals surface area contributed by atoms with Gasteiger partial charge in [0.1, 0.15) is 17.7 Å². The molecule has 3 aromatic rings. The van der Waals surface area contributed by atoms with Crippen LogP contribution in [0.25, 0.3) is 10.8 Å². The first-order valence-electron chi connectivity index (χ1n) is 8.64. The highest BCUT2D eigenvalue weighted by atomic mass is 16.5. The molecule has 0 aliphatic carbocycles. The standard InChI is InChI=1S/C20H23N3O2/c1-14-11-21-20(22-14)19-13-23(9-10-25-19)12-17-16-6-4-3-5-15(16)7-8-18(17)24-2/h3-8,11,19H,9-10,12-13H2,1-2H3,(H,21,22)/t19-/m0/s1. The van der Waals surface area contributed by atoms with Crippen LogP contribution >= 0.6 is 0 Å². The number of hydrogen-bond acceptors (Lipinski definition) is 4. The second kappa shape index (κ2) is 6.86. The minimum Gasteiger partial charge on any atom is -0.496 e. The van der Waals surface area contributed by atoms with E-state index in [0.717, 1.165) is 36.9 Å². The number of aryl methyl sites for hydroxylation is 1. The number of morpholine rings is 1. The number of aromatic nitrogens is 2.